The van der Waals surface area contributed by atoms with Gasteiger partial charge < -0.3 is 5.11 Å². The average molecular weight is 221 g/mol. The highest BCUT2D eigenvalue weighted by atomic mass is 32.1. The van der Waals surface area contributed by atoms with Crippen molar-refractivity contribution in [1.82, 2.24) is 0 Å². The average Bonchev–Trinajstić information content (AvgIpc) is 2.20. The zero-order valence-electron chi connectivity index (χ0n) is 8.32. The minimum Gasteiger partial charge on any atom is -0.481 e. The Morgan fingerprint density at radius 1 is 1.53 bits per heavy atom. The standard InChI is InChI=1S/C11H11NO2S/c1-2-8-3-7(6-12)4-9(11(8)15)5-10(13)14/h3-4,15H,2,5H2,1H3,(H,13,14). The van der Waals surface area contributed by atoms with Gasteiger partial charge in [0.15, 0.2) is 0 Å². The fourth-order valence-electron chi connectivity index (χ4n) is 1.39. The van der Waals surface area contributed by atoms with Gasteiger partial charge in [-0.05, 0) is 29.7 Å². The molecule has 0 amide bonds. The number of aryl methyl sites for hydroxylation is 1. The number of benzene rings is 1. The van der Waals surface area contributed by atoms with E-state index in [0.29, 0.717) is 16.0 Å². The molecule has 0 spiro atoms. The van der Waals surface area contributed by atoms with Crippen molar-refractivity contribution < 1.29 is 9.90 Å². The molecule has 15 heavy (non-hydrogen) atoms. The lowest BCUT2D eigenvalue weighted by Crippen LogP contribution is -2.03. The van der Waals surface area contributed by atoms with Crippen LogP contribution >= 0.6 is 12.6 Å². The topological polar surface area (TPSA) is 61.1 Å². The summed E-state index contributed by atoms with van der Waals surface area (Å²) in [5.74, 6) is -0.914. The molecule has 4 heteroatoms. The number of thiol groups is 1. The summed E-state index contributed by atoms with van der Waals surface area (Å²) in [5.41, 5.74) is 2.00. The molecule has 0 bridgehead atoms. The van der Waals surface area contributed by atoms with Crippen LogP contribution < -0.4 is 0 Å². The first-order chi connectivity index (χ1) is 7.08. The van der Waals surface area contributed by atoms with Crippen molar-refractivity contribution in [2.24, 2.45) is 0 Å². The van der Waals surface area contributed by atoms with Crippen LogP contribution in [0.25, 0.3) is 0 Å². The van der Waals surface area contributed by atoms with E-state index in [0.717, 1.165) is 12.0 Å². The smallest absolute Gasteiger partial charge is 0.307 e. The molecule has 78 valence electrons. The van der Waals surface area contributed by atoms with E-state index in [1.807, 2.05) is 13.0 Å². The number of nitriles is 1. The van der Waals surface area contributed by atoms with Gasteiger partial charge >= 0.3 is 5.97 Å². The van der Waals surface area contributed by atoms with Crippen LogP contribution in [0.1, 0.15) is 23.6 Å². The number of carboxylic acids is 1. The summed E-state index contributed by atoms with van der Waals surface area (Å²) in [6, 6.07) is 5.34. The Morgan fingerprint density at radius 3 is 2.60 bits per heavy atom. The molecule has 0 aromatic heterocycles. The Bertz CT molecular complexity index is 435. The molecule has 0 atom stereocenters. The van der Waals surface area contributed by atoms with E-state index in [9.17, 15) is 4.79 Å². The minimum absolute atomic E-state index is 0.0959. The van der Waals surface area contributed by atoms with Gasteiger partial charge in [0, 0.05) is 4.90 Å². The van der Waals surface area contributed by atoms with Gasteiger partial charge in [-0.1, -0.05) is 6.92 Å². The Labute approximate surface area is 93.8 Å². The minimum atomic E-state index is -0.914. The van der Waals surface area contributed by atoms with Crippen molar-refractivity contribution >= 4 is 18.6 Å². The summed E-state index contributed by atoms with van der Waals surface area (Å²) >= 11 is 4.28. The maximum absolute atomic E-state index is 10.6. The summed E-state index contributed by atoms with van der Waals surface area (Å²) in [5, 5.41) is 17.5. The lowest BCUT2D eigenvalue weighted by atomic mass is 10.0. The second-order valence-corrected chi connectivity index (χ2v) is 3.63. The Morgan fingerprint density at radius 2 is 2.13 bits per heavy atom. The summed E-state index contributed by atoms with van der Waals surface area (Å²) in [6.07, 6.45) is 0.641. The lowest BCUT2D eigenvalue weighted by Gasteiger charge is -2.08. The maximum atomic E-state index is 10.6. The van der Waals surface area contributed by atoms with Crippen molar-refractivity contribution in [1.29, 1.82) is 5.26 Å². The number of hydrogen-bond acceptors (Lipinski definition) is 3. The van der Waals surface area contributed by atoms with Gasteiger partial charge in [0.2, 0.25) is 0 Å². The second-order valence-electron chi connectivity index (χ2n) is 3.18. The molecule has 1 aromatic carbocycles. The molecular formula is C11H11NO2S. The van der Waals surface area contributed by atoms with E-state index >= 15 is 0 Å². The van der Waals surface area contributed by atoms with Crippen molar-refractivity contribution in [2.75, 3.05) is 0 Å². The number of aliphatic carboxylic acids is 1. The largest absolute Gasteiger partial charge is 0.481 e. The molecular weight excluding hydrogens is 210 g/mol. The zero-order valence-corrected chi connectivity index (χ0v) is 9.21. The van der Waals surface area contributed by atoms with Gasteiger partial charge in [-0.3, -0.25) is 4.79 Å². The number of carboxylic acid groups (broad SMARTS) is 1. The number of nitrogens with zero attached hydrogens (tertiary/aromatic N) is 1. The molecule has 0 heterocycles. The Kier molecular flexibility index (Phi) is 3.75. The van der Waals surface area contributed by atoms with Crippen LogP contribution in [0.15, 0.2) is 17.0 Å². The maximum Gasteiger partial charge on any atom is 0.307 e. The quantitative estimate of drug-likeness (QED) is 0.768. The molecule has 0 saturated heterocycles. The van der Waals surface area contributed by atoms with Gasteiger partial charge in [0.25, 0.3) is 0 Å². The first-order valence-electron chi connectivity index (χ1n) is 4.55. The zero-order chi connectivity index (χ0) is 11.4. The molecule has 0 fully saturated rings. The highest BCUT2D eigenvalue weighted by Gasteiger charge is 2.09. The van der Waals surface area contributed by atoms with Crippen molar-refractivity contribution in [3.8, 4) is 6.07 Å². The molecule has 1 aromatic rings. The second kappa shape index (κ2) is 4.85. The summed E-state index contributed by atoms with van der Waals surface area (Å²) < 4.78 is 0. The predicted molar refractivity (Wildman–Crippen MR) is 59.1 cm³/mol. The fourth-order valence-corrected chi connectivity index (χ4v) is 1.76. The highest BCUT2D eigenvalue weighted by molar-refractivity contribution is 7.80. The summed E-state index contributed by atoms with van der Waals surface area (Å²) in [7, 11) is 0. The molecule has 0 aliphatic carbocycles. The van der Waals surface area contributed by atoms with Gasteiger partial charge in [-0.2, -0.15) is 5.26 Å². The highest BCUT2D eigenvalue weighted by Crippen LogP contribution is 2.22. The molecule has 1 N–H and O–H groups in total. The normalized spacial score (nSPS) is 9.67. The number of rotatable bonds is 3. The molecule has 3 nitrogen and oxygen atoms in total. The van der Waals surface area contributed by atoms with Crippen molar-refractivity contribution in [3.05, 3.63) is 28.8 Å². The number of carbonyl (C=O) groups is 1. The van der Waals surface area contributed by atoms with Gasteiger partial charge in [-0.15, -0.1) is 12.6 Å². The van der Waals surface area contributed by atoms with Crippen LogP contribution in [-0.4, -0.2) is 11.1 Å². The van der Waals surface area contributed by atoms with E-state index in [1.54, 1.807) is 12.1 Å². The van der Waals surface area contributed by atoms with Crippen LogP contribution in [0.4, 0.5) is 0 Å². The van der Waals surface area contributed by atoms with Crippen LogP contribution in [-0.2, 0) is 17.6 Å². The van der Waals surface area contributed by atoms with Crippen LogP contribution in [0.5, 0.6) is 0 Å². The summed E-state index contributed by atoms with van der Waals surface area (Å²) in [6.45, 7) is 1.95. The molecule has 0 unspecified atom stereocenters. The van der Waals surface area contributed by atoms with Gasteiger partial charge in [-0.25, -0.2) is 0 Å². The molecule has 0 aliphatic rings. The first-order valence-corrected chi connectivity index (χ1v) is 4.99. The molecule has 0 aliphatic heterocycles. The SMILES string of the molecule is CCc1cc(C#N)cc(CC(=O)O)c1S. The lowest BCUT2D eigenvalue weighted by molar-refractivity contribution is -0.136. The molecule has 0 saturated carbocycles. The van der Waals surface area contributed by atoms with Crippen LogP contribution in [0.3, 0.4) is 0 Å². The first kappa shape index (κ1) is 11.6. The van der Waals surface area contributed by atoms with Gasteiger partial charge in [0.1, 0.15) is 0 Å². The van der Waals surface area contributed by atoms with Crippen LogP contribution in [0, 0.1) is 11.3 Å². The third-order valence-electron chi connectivity index (χ3n) is 2.12. The van der Waals surface area contributed by atoms with E-state index in [-0.39, 0.29) is 6.42 Å². The predicted octanol–water partition coefficient (Wildman–Crippen LogP) is 2.04. The summed E-state index contributed by atoms with van der Waals surface area (Å²) in [4.78, 5) is 11.3. The van der Waals surface area contributed by atoms with Gasteiger partial charge in [0.05, 0.1) is 18.1 Å². The third kappa shape index (κ3) is 2.74. The Hall–Kier alpha value is -1.47. The van der Waals surface area contributed by atoms with Crippen LogP contribution in [0.2, 0.25) is 0 Å². The molecule has 0 radical (unpaired) electrons. The Balaban J connectivity index is 3.25. The number of hydrogen-bond donors (Lipinski definition) is 2. The monoisotopic (exact) mass is 221 g/mol. The molecule has 1 rings (SSSR count). The van der Waals surface area contributed by atoms with Crippen molar-refractivity contribution in [2.45, 2.75) is 24.7 Å². The fraction of sp³-hybridized carbons (Fsp3) is 0.273. The van der Waals surface area contributed by atoms with Crippen molar-refractivity contribution in [3.63, 3.8) is 0 Å². The third-order valence-corrected chi connectivity index (χ3v) is 2.69. The van der Waals surface area contributed by atoms with E-state index < -0.39 is 5.97 Å². The van der Waals surface area contributed by atoms with E-state index in [4.69, 9.17) is 10.4 Å². The van der Waals surface area contributed by atoms with E-state index in [1.165, 1.54) is 0 Å². The van der Waals surface area contributed by atoms with E-state index in [2.05, 4.69) is 12.6 Å².